The Morgan fingerprint density at radius 2 is 2.00 bits per heavy atom. The molecule has 0 spiro atoms. The number of benzene rings is 1. The largest absolute Gasteiger partial charge is 0.325 e. The zero-order valence-electron chi connectivity index (χ0n) is 8.00. The van der Waals surface area contributed by atoms with Crippen molar-refractivity contribution in [3.63, 3.8) is 0 Å². The van der Waals surface area contributed by atoms with E-state index >= 15 is 0 Å². The summed E-state index contributed by atoms with van der Waals surface area (Å²) >= 11 is 5.72. The fourth-order valence-electron chi connectivity index (χ4n) is 1.28. The highest BCUT2D eigenvalue weighted by Gasteiger charge is 2.24. The molecule has 0 aromatic heterocycles. The monoisotopic (exact) mass is 246 g/mol. The summed E-state index contributed by atoms with van der Waals surface area (Å²) in [7, 11) is 0. The SMILES string of the molecule is Cl.O=C(Nc1ccc(Cl)cc1)[C@H]1CCN1. The number of hydrogen-bond donors (Lipinski definition) is 2. The Kier molecular flexibility index (Phi) is 4.39. The van der Waals surface area contributed by atoms with Gasteiger partial charge in [-0.3, -0.25) is 4.79 Å². The molecule has 15 heavy (non-hydrogen) atoms. The van der Waals surface area contributed by atoms with Gasteiger partial charge in [0.25, 0.3) is 0 Å². The lowest BCUT2D eigenvalue weighted by Gasteiger charge is -2.26. The van der Waals surface area contributed by atoms with E-state index in [1.165, 1.54) is 0 Å². The minimum atomic E-state index is -0.0225. The van der Waals surface area contributed by atoms with Crippen molar-refractivity contribution in [1.29, 1.82) is 0 Å². The fourth-order valence-corrected chi connectivity index (χ4v) is 1.40. The van der Waals surface area contributed by atoms with Crippen LogP contribution in [0.4, 0.5) is 5.69 Å². The Morgan fingerprint density at radius 3 is 2.47 bits per heavy atom. The van der Waals surface area contributed by atoms with E-state index in [-0.39, 0.29) is 24.4 Å². The summed E-state index contributed by atoms with van der Waals surface area (Å²) in [6, 6.07) is 7.07. The summed E-state index contributed by atoms with van der Waals surface area (Å²) in [5, 5.41) is 6.52. The van der Waals surface area contributed by atoms with Gasteiger partial charge < -0.3 is 10.6 Å². The van der Waals surface area contributed by atoms with Gasteiger partial charge in [-0.2, -0.15) is 0 Å². The summed E-state index contributed by atoms with van der Waals surface area (Å²) in [6.45, 7) is 0.929. The number of rotatable bonds is 2. The highest BCUT2D eigenvalue weighted by Crippen LogP contribution is 2.14. The normalized spacial score (nSPS) is 18.6. The van der Waals surface area contributed by atoms with Crippen LogP contribution >= 0.6 is 24.0 Å². The molecule has 2 N–H and O–H groups in total. The second-order valence-corrected chi connectivity index (χ2v) is 3.73. The third-order valence-electron chi connectivity index (χ3n) is 2.25. The van der Waals surface area contributed by atoms with Crippen LogP contribution in [-0.2, 0) is 4.79 Å². The third kappa shape index (κ3) is 3.09. The van der Waals surface area contributed by atoms with Crippen LogP contribution in [0.15, 0.2) is 24.3 Å². The molecule has 1 fully saturated rings. The predicted molar refractivity (Wildman–Crippen MR) is 63.7 cm³/mol. The average molecular weight is 247 g/mol. The van der Waals surface area contributed by atoms with Crippen LogP contribution in [0, 0.1) is 0 Å². The molecule has 1 aromatic carbocycles. The maximum absolute atomic E-state index is 11.5. The zero-order chi connectivity index (χ0) is 9.97. The Hall–Kier alpha value is -0.770. The van der Waals surface area contributed by atoms with Crippen LogP contribution in [0.2, 0.25) is 5.02 Å². The van der Waals surface area contributed by atoms with Crippen molar-refractivity contribution in [2.45, 2.75) is 12.5 Å². The standard InChI is InChI=1S/C10H11ClN2O.ClH/c11-7-1-3-8(4-2-7)13-10(14)9-5-6-12-9;/h1-4,9,12H,5-6H2,(H,13,14);1H/t9-;/m1./s1. The van der Waals surface area contributed by atoms with Gasteiger partial charge in [0.2, 0.25) is 5.91 Å². The van der Waals surface area contributed by atoms with Crippen LogP contribution in [0.25, 0.3) is 0 Å². The third-order valence-corrected chi connectivity index (χ3v) is 2.50. The van der Waals surface area contributed by atoms with Gasteiger partial charge >= 0.3 is 0 Å². The van der Waals surface area contributed by atoms with Gasteiger partial charge in [-0.25, -0.2) is 0 Å². The van der Waals surface area contributed by atoms with Crippen LogP contribution in [0.3, 0.4) is 0 Å². The molecule has 1 heterocycles. The first-order chi connectivity index (χ1) is 6.75. The topological polar surface area (TPSA) is 41.1 Å². The van der Waals surface area contributed by atoms with E-state index in [0.717, 1.165) is 18.7 Å². The first kappa shape index (κ1) is 12.3. The number of anilines is 1. The molecule has 0 aliphatic carbocycles. The minimum absolute atomic E-state index is 0. The van der Waals surface area contributed by atoms with E-state index in [1.807, 2.05) is 0 Å². The summed E-state index contributed by atoms with van der Waals surface area (Å²) in [5.74, 6) is 0.0265. The van der Waals surface area contributed by atoms with Crippen molar-refractivity contribution in [2.24, 2.45) is 0 Å². The van der Waals surface area contributed by atoms with E-state index in [2.05, 4.69) is 10.6 Å². The van der Waals surface area contributed by atoms with Crippen molar-refractivity contribution < 1.29 is 4.79 Å². The van der Waals surface area contributed by atoms with E-state index in [9.17, 15) is 4.79 Å². The minimum Gasteiger partial charge on any atom is -0.325 e. The molecule has 82 valence electrons. The lowest BCUT2D eigenvalue weighted by Crippen LogP contribution is -2.50. The fraction of sp³-hybridized carbons (Fsp3) is 0.300. The second-order valence-electron chi connectivity index (χ2n) is 3.29. The number of carbonyl (C=O) groups excluding carboxylic acids is 1. The first-order valence-corrected chi connectivity index (χ1v) is 4.93. The molecule has 0 unspecified atom stereocenters. The van der Waals surface area contributed by atoms with Crippen molar-refractivity contribution in [1.82, 2.24) is 5.32 Å². The number of amides is 1. The molecule has 1 aliphatic heterocycles. The summed E-state index contributed by atoms with van der Waals surface area (Å²) in [5.41, 5.74) is 0.785. The molecule has 1 aliphatic rings. The Balaban J connectivity index is 0.00000112. The molecular formula is C10H12Cl2N2O. The van der Waals surface area contributed by atoms with Crippen molar-refractivity contribution >= 4 is 35.6 Å². The highest BCUT2D eigenvalue weighted by molar-refractivity contribution is 6.30. The van der Waals surface area contributed by atoms with Gasteiger partial charge in [0, 0.05) is 10.7 Å². The smallest absolute Gasteiger partial charge is 0.241 e. The summed E-state index contributed by atoms with van der Waals surface area (Å²) in [4.78, 5) is 11.5. The maximum Gasteiger partial charge on any atom is 0.241 e. The van der Waals surface area contributed by atoms with Gasteiger partial charge in [0.1, 0.15) is 0 Å². The van der Waals surface area contributed by atoms with E-state index in [4.69, 9.17) is 11.6 Å². The van der Waals surface area contributed by atoms with Crippen LogP contribution < -0.4 is 10.6 Å². The lowest BCUT2D eigenvalue weighted by atomic mass is 10.1. The summed E-state index contributed by atoms with van der Waals surface area (Å²) in [6.07, 6.45) is 0.916. The van der Waals surface area contributed by atoms with Crippen molar-refractivity contribution in [3.05, 3.63) is 29.3 Å². The quantitative estimate of drug-likeness (QED) is 0.839. The molecule has 0 bridgehead atoms. The molecule has 1 amide bonds. The highest BCUT2D eigenvalue weighted by atomic mass is 35.5. The number of carbonyl (C=O) groups is 1. The Bertz CT molecular complexity index is 336. The molecule has 1 aromatic rings. The Labute approximate surface area is 99.6 Å². The van der Waals surface area contributed by atoms with Gasteiger partial charge in [-0.1, -0.05) is 11.6 Å². The van der Waals surface area contributed by atoms with E-state index in [0.29, 0.717) is 5.02 Å². The van der Waals surface area contributed by atoms with Crippen molar-refractivity contribution in [3.8, 4) is 0 Å². The molecule has 3 nitrogen and oxygen atoms in total. The van der Waals surface area contributed by atoms with E-state index in [1.54, 1.807) is 24.3 Å². The molecular weight excluding hydrogens is 235 g/mol. The molecule has 0 radical (unpaired) electrons. The van der Waals surface area contributed by atoms with Crippen LogP contribution in [0.1, 0.15) is 6.42 Å². The molecule has 5 heteroatoms. The molecule has 1 atom stereocenters. The lowest BCUT2D eigenvalue weighted by molar-refractivity contribution is -0.119. The zero-order valence-corrected chi connectivity index (χ0v) is 9.57. The average Bonchev–Trinajstić information content (AvgIpc) is 2.06. The van der Waals surface area contributed by atoms with E-state index < -0.39 is 0 Å². The maximum atomic E-state index is 11.5. The second kappa shape index (κ2) is 5.35. The van der Waals surface area contributed by atoms with Gasteiger partial charge in [0.15, 0.2) is 0 Å². The number of hydrogen-bond acceptors (Lipinski definition) is 2. The molecule has 0 saturated carbocycles. The number of nitrogens with one attached hydrogen (secondary N) is 2. The van der Waals surface area contributed by atoms with Crippen LogP contribution in [0.5, 0.6) is 0 Å². The number of halogens is 2. The van der Waals surface area contributed by atoms with Gasteiger partial charge in [-0.15, -0.1) is 12.4 Å². The Morgan fingerprint density at radius 1 is 1.40 bits per heavy atom. The first-order valence-electron chi connectivity index (χ1n) is 4.55. The predicted octanol–water partition coefficient (Wildman–Crippen LogP) is 2.06. The van der Waals surface area contributed by atoms with Gasteiger partial charge in [0.05, 0.1) is 6.04 Å². The van der Waals surface area contributed by atoms with Crippen LogP contribution in [-0.4, -0.2) is 18.5 Å². The summed E-state index contributed by atoms with van der Waals surface area (Å²) < 4.78 is 0. The van der Waals surface area contributed by atoms with Crippen molar-refractivity contribution in [2.75, 3.05) is 11.9 Å². The van der Waals surface area contributed by atoms with Gasteiger partial charge in [-0.05, 0) is 37.2 Å². The molecule has 1 saturated heterocycles. The molecule has 2 rings (SSSR count).